The van der Waals surface area contributed by atoms with Crippen LogP contribution < -0.4 is 5.32 Å². The Labute approximate surface area is 86.3 Å². The molecule has 0 bridgehead atoms. The summed E-state index contributed by atoms with van der Waals surface area (Å²) in [6.45, 7) is 2.03. The molecule has 0 saturated heterocycles. The Morgan fingerprint density at radius 3 is 2.73 bits per heavy atom. The van der Waals surface area contributed by atoms with Gasteiger partial charge in [0.1, 0.15) is 0 Å². The van der Waals surface area contributed by atoms with Crippen molar-refractivity contribution in [2.45, 2.75) is 32.0 Å². The van der Waals surface area contributed by atoms with Crippen molar-refractivity contribution < 1.29 is 13.2 Å². The summed E-state index contributed by atoms with van der Waals surface area (Å²) in [6.07, 6.45) is -2.64. The smallest absolute Gasteiger partial charge is 0.382 e. The van der Waals surface area contributed by atoms with Crippen LogP contribution in [0.15, 0.2) is 18.2 Å². The van der Waals surface area contributed by atoms with Gasteiger partial charge in [0, 0.05) is 11.7 Å². The Morgan fingerprint density at radius 2 is 2.07 bits per heavy atom. The lowest BCUT2D eigenvalue weighted by Crippen LogP contribution is -2.22. The van der Waals surface area contributed by atoms with E-state index in [1.54, 1.807) is 0 Å². The molecule has 15 heavy (non-hydrogen) atoms. The lowest BCUT2D eigenvalue weighted by atomic mass is 9.97. The Morgan fingerprint density at radius 1 is 1.33 bits per heavy atom. The molecule has 2 rings (SSSR count). The fourth-order valence-corrected chi connectivity index (χ4v) is 1.83. The molecule has 82 valence electrons. The molecule has 1 heterocycles. The van der Waals surface area contributed by atoms with Gasteiger partial charge in [-0.1, -0.05) is 0 Å². The number of halogens is 3. The van der Waals surface area contributed by atoms with Crippen LogP contribution >= 0.6 is 0 Å². The summed E-state index contributed by atoms with van der Waals surface area (Å²) in [4.78, 5) is 0. The van der Waals surface area contributed by atoms with E-state index in [1.807, 2.05) is 6.92 Å². The predicted molar refractivity (Wildman–Crippen MR) is 52.8 cm³/mol. The molecule has 0 saturated carbocycles. The van der Waals surface area contributed by atoms with E-state index < -0.39 is 11.7 Å². The van der Waals surface area contributed by atoms with Crippen molar-refractivity contribution in [3.63, 3.8) is 0 Å². The van der Waals surface area contributed by atoms with Crippen LogP contribution in [0.5, 0.6) is 0 Å². The van der Waals surface area contributed by atoms with Gasteiger partial charge in [-0.05, 0) is 43.5 Å². The zero-order valence-corrected chi connectivity index (χ0v) is 8.36. The van der Waals surface area contributed by atoms with Crippen molar-refractivity contribution in [2.24, 2.45) is 0 Å². The van der Waals surface area contributed by atoms with Crippen LogP contribution in [0.25, 0.3) is 0 Å². The van der Waals surface area contributed by atoms with Gasteiger partial charge in [0.15, 0.2) is 0 Å². The second kappa shape index (κ2) is 3.43. The summed E-state index contributed by atoms with van der Waals surface area (Å²) in [5.74, 6) is 0. The van der Waals surface area contributed by atoms with E-state index >= 15 is 0 Å². The van der Waals surface area contributed by atoms with Gasteiger partial charge in [-0.3, -0.25) is 0 Å². The Kier molecular flexibility index (Phi) is 2.37. The molecule has 0 unspecified atom stereocenters. The number of hydrogen-bond donors (Lipinski definition) is 1. The van der Waals surface area contributed by atoms with E-state index in [1.165, 1.54) is 12.1 Å². The second-order valence-corrected chi connectivity index (χ2v) is 3.95. The summed E-state index contributed by atoms with van der Waals surface area (Å²) in [5.41, 5.74) is 1.04. The molecule has 1 atom stereocenters. The first-order valence-corrected chi connectivity index (χ1v) is 4.93. The number of fused-ring (bicyclic) bond motifs is 1. The average molecular weight is 215 g/mol. The third-order valence-corrected chi connectivity index (χ3v) is 2.68. The van der Waals surface area contributed by atoms with E-state index in [9.17, 15) is 13.2 Å². The van der Waals surface area contributed by atoms with Gasteiger partial charge in [-0.2, -0.15) is 13.2 Å². The monoisotopic (exact) mass is 215 g/mol. The third-order valence-electron chi connectivity index (χ3n) is 2.68. The number of nitrogens with one attached hydrogen (secondary N) is 1. The molecule has 1 aromatic carbocycles. The molecule has 0 aliphatic carbocycles. The maximum Gasteiger partial charge on any atom is 0.416 e. The highest BCUT2D eigenvalue weighted by molar-refractivity contribution is 5.55. The number of aryl methyl sites for hydroxylation is 1. The summed E-state index contributed by atoms with van der Waals surface area (Å²) in [5, 5.41) is 3.17. The van der Waals surface area contributed by atoms with Crippen molar-refractivity contribution in [2.75, 3.05) is 5.32 Å². The largest absolute Gasteiger partial charge is 0.416 e. The fourth-order valence-electron chi connectivity index (χ4n) is 1.83. The molecule has 0 fully saturated rings. The molecule has 1 N–H and O–H groups in total. The van der Waals surface area contributed by atoms with Gasteiger partial charge in [-0.25, -0.2) is 0 Å². The summed E-state index contributed by atoms with van der Waals surface area (Å²) in [7, 11) is 0. The molecule has 1 aromatic rings. The maximum absolute atomic E-state index is 12.4. The second-order valence-electron chi connectivity index (χ2n) is 3.95. The fraction of sp³-hybridized carbons (Fsp3) is 0.455. The lowest BCUT2D eigenvalue weighted by molar-refractivity contribution is -0.137. The summed E-state index contributed by atoms with van der Waals surface area (Å²) >= 11 is 0. The van der Waals surface area contributed by atoms with Crippen molar-refractivity contribution in [1.29, 1.82) is 0 Å². The Hall–Kier alpha value is -1.19. The molecular formula is C11H12F3N. The van der Waals surface area contributed by atoms with Gasteiger partial charge in [0.2, 0.25) is 0 Å². The standard InChI is InChI=1S/C11H12F3N/c1-7-2-3-8-6-9(11(12,13)14)4-5-10(8)15-7/h4-7,15H,2-3H2,1H3/t7-/m0/s1. The van der Waals surface area contributed by atoms with Crippen LogP contribution in [0.3, 0.4) is 0 Å². The predicted octanol–water partition coefficient (Wildman–Crippen LogP) is 3.45. The van der Waals surface area contributed by atoms with Crippen LogP contribution in [-0.4, -0.2) is 6.04 Å². The third kappa shape index (κ3) is 2.08. The summed E-state index contributed by atoms with van der Waals surface area (Å²) < 4.78 is 37.2. The highest BCUT2D eigenvalue weighted by Gasteiger charge is 2.31. The first-order chi connectivity index (χ1) is 6.97. The number of anilines is 1. The van der Waals surface area contributed by atoms with Crippen molar-refractivity contribution in [3.8, 4) is 0 Å². The van der Waals surface area contributed by atoms with Crippen molar-refractivity contribution >= 4 is 5.69 Å². The molecule has 1 aliphatic rings. The Bertz CT molecular complexity index is 371. The van der Waals surface area contributed by atoms with Gasteiger partial charge < -0.3 is 5.32 Å². The number of rotatable bonds is 0. The van der Waals surface area contributed by atoms with E-state index in [-0.39, 0.29) is 0 Å². The van der Waals surface area contributed by atoms with Crippen LogP contribution in [0.2, 0.25) is 0 Å². The molecular weight excluding hydrogens is 203 g/mol. The van der Waals surface area contributed by atoms with Gasteiger partial charge in [-0.15, -0.1) is 0 Å². The number of alkyl halides is 3. The van der Waals surface area contributed by atoms with Gasteiger partial charge in [0.05, 0.1) is 5.56 Å². The molecule has 1 aliphatic heterocycles. The number of hydrogen-bond acceptors (Lipinski definition) is 1. The topological polar surface area (TPSA) is 12.0 Å². The minimum absolute atomic E-state index is 0.342. The van der Waals surface area contributed by atoms with Crippen LogP contribution in [0, 0.1) is 0 Å². The van der Waals surface area contributed by atoms with Crippen LogP contribution in [-0.2, 0) is 12.6 Å². The normalized spacial score (nSPS) is 20.7. The zero-order valence-electron chi connectivity index (χ0n) is 8.36. The Balaban J connectivity index is 2.35. The molecule has 1 nitrogen and oxygen atoms in total. The van der Waals surface area contributed by atoms with E-state index in [0.29, 0.717) is 12.5 Å². The molecule has 0 aromatic heterocycles. The van der Waals surface area contributed by atoms with Crippen LogP contribution in [0.1, 0.15) is 24.5 Å². The maximum atomic E-state index is 12.4. The average Bonchev–Trinajstić information content (AvgIpc) is 2.15. The number of benzene rings is 1. The SMILES string of the molecule is C[C@H]1CCc2cc(C(F)(F)F)ccc2N1. The highest BCUT2D eigenvalue weighted by Crippen LogP contribution is 2.33. The molecule has 4 heteroatoms. The van der Waals surface area contributed by atoms with E-state index in [0.717, 1.165) is 23.7 Å². The first kappa shape index (κ1) is 10.3. The minimum atomic E-state index is -4.24. The van der Waals surface area contributed by atoms with Crippen LogP contribution in [0.4, 0.5) is 18.9 Å². The van der Waals surface area contributed by atoms with Gasteiger partial charge in [0.25, 0.3) is 0 Å². The van der Waals surface area contributed by atoms with Gasteiger partial charge >= 0.3 is 6.18 Å². The van der Waals surface area contributed by atoms with E-state index in [4.69, 9.17) is 0 Å². The molecule has 0 amide bonds. The van der Waals surface area contributed by atoms with Crippen molar-refractivity contribution in [1.82, 2.24) is 0 Å². The first-order valence-electron chi connectivity index (χ1n) is 4.93. The molecule has 0 spiro atoms. The molecule has 0 radical (unpaired) electrons. The van der Waals surface area contributed by atoms with Crippen molar-refractivity contribution in [3.05, 3.63) is 29.3 Å². The van der Waals surface area contributed by atoms with E-state index in [2.05, 4.69) is 5.32 Å². The lowest BCUT2D eigenvalue weighted by Gasteiger charge is -2.24. The summed E-state index contributed by atoms with van der Waals surface area (Å²) in [6, 6.07) is 4.24. The zero-order chi connectivity index (χ0) is 11.1. The minimum Gasteiger partial charge on any atom is -0.382 e. The highest BCUT2D eigenvalue weighted by atomic mass is 19.4. The quantitative estimate of drug-likeness (QED) is 0.698.